The number of rotatable bonds is 0. The fourth-order valence-electron chi connectivity index (χ4n) is 6.47. The number of benzene rings is 4. The molecule has 7 rings (SSSR count). The molecule has 2 bridgehead atoms. The molecular weight excluding hydrogens is 312 g/mol. The van der Waals surface area contributed by atoms with Crippen molar-refractivity contribution < 1.29 is 0 Å². The Morgan fingerprint density at radius 2 is 1.12 bits per heavy atom. The van der Waals surface area contributed by atoms with E-state index in [0.29, 0.717) is 11.8 Å². The lowest BCUT2D eigenvalue weighted by Gasteiger charge is -2.59. The van der Waals surface area contributed by atoms with E-state index in [2.05, 4.69) is 84.9 Å². The summed E-state index contributed by atoms with van der Waals surface area (Å²) in [5.41, 5.74) is 9.26. The molecule has 3 aliphatic carbocycles. The van der Waals surface area contributed by atoms with E-state index in [4.69, 9.17) is 0 Å². The van der Waals surface area contributed by atoms with Gasteiger partial charge in [-0.2, -0.15) is 0 Å². The molecule has 0 unspecified atom stereocenters. The Hall–Kier alpha value is -2.86. The van der Waals surface area contributed by atoms with Crippen LogP contribution < -0.4 is 0 Å². The smallest absolute Gasteiger partial charge is 0.0352 e. The molecule has 4 aromatic carbocycles. The maximum atomic E-state index is 2.39. The van der Waals surface area contributed by atoms with Gasteiger partial charge in [-0.1, -0.05) is 84.9 Å². The average molecular weight is 330 g/mol. The van der Waals surface area contributed by atoms with Crippen molar-refractivity contribution in [3.05, 3.63) is 107 Å². The number of fused-ring (bicyclic) bond motifs is 5. The highest BCUT2D eigenvalue weighted by molar-refractivity contribution is 5.95. The molecule has 0 saturated heterocycles. The second-order valence-electron chi connectivity index (χ2n) is 8.09. The van der Waals surface area contributed by atoms with Crippen LogP contribution in [0.4, 0.5) is 0 Å². The Bertz CT molecular complexity index is 1140. The van der Waals surface area contributed by atoms with Gasteiger partial charge in [0.25, 0.3) is 0 Å². The fourth-order valence-corrected chi connectivity index (χ4v) is 6.47. The average Bonchev–Trinajstić information content (AvgIpc) is 3.01. The van der Waals surface area contributed by atoms with E-state index >= 15 is 0 Å². The lowest BCUT2D eigenvalue weighted by Crippen LogP contribution is -2.51. The van der Waals surface area contributed by atoms with Gasteiger partial charge in [0.05, 0.1) is 0 Å². The maximum Gasteiger partial charge on any atom is 0.0352 e. The number of hydrogen-bond acceptors (Lipinski definition) is 0. The Morgan fingerprint density at radius 3 is 1.69 bits per heavy atom. The predicted molar refractivity (Wildman–Crippen MR) is 107 cm³/mol. The molecule has 3 aliphatic rings. The zero-order valence-corrected chi connectivity index (χ0v) is 14.4. The Labute approximate surface area is 153 Å². The van der Waals surface area contributed by atoms with Gasteiger partial charge in [0.2, 0.25) is 0 Å². The highest BCUT2D eigenvalue weighted by Gasteiger charge is 2.63. The predicted octanol–water partition coefficient (Wildman–Crippen LogP) is 6.39. The van der Waals surface area contributed by atoms with Crippen molar-refractivity contribution in [1.82, 2.24) is 0 Å². The van der Waals surface area contributed by atoms with E-state index in [9.17, 15) is 0 Å². The van der Waals surface area contributed by atoms with Crippen LogP contribution in [0.2, 0.25) is 0 Å². The molecule has 0 aliphatic heterocycles. The first kappa shape index (κ1) is 13.4. The van der Waals surface area contributed by atoms with Crippen LogP contribution >= 0.6 is 0 Å². The third-order valence-corrected chi connectivity index (χ3v) is 7.33. The van der Waals surface area contributed by atoms with E-state index in [1.807, 2.05) is 0 Å². The van der Waals surface area contributed by atoms with Crippen molar-refractivity contribution in [3.63, 3.8) is 0 Å². The Morgan fingerprint density at radius 1 is 0.577 bits per heavy atom. The Kier molecular flexibility index (Phi) is 2.19. The van der Waals surface area contributed by atoms with Gasteiger partial charge in [-0.3, -0.25) is 0 Å². The minimum absolute atomic E-state index is 0.135. The van der Waals surface area contributed by atoms with Gasteiger partial charge in [-0.15, -0.1) is 0 Å². The third kappa shape index (κ3) is 1.24. The van der Waals surface area contributed by atoms with Gasteiger partial charge < -0.3 is 0 Å². The molecule has 26 heavy (non-hydrogen) atoms. The molecule has 1 fully saturated rings. The molecule has 0 nitrogen and oxygen atoms in total. The molecule has 1 saturated carbocycles. The van der Waals surface area contributed by atoms with E-state index in [0.717, 1.165) is 0 Å². The lowest BCUT2D eigenvalue weighted by atomic mass is 9.42. The molecule has 0 heteroatoms. The van der Waals surface area contributed by atoms with Crippen LogP contribution in [-0.4, -0.2) is 0 Å². The monoisotopic (exact) mass is 330 g/mol. The first-order chi connectivity index (χ1) is 12.9. The quantitative estimate of drug-likeness (QED) is 0.350. The minimum Gasteiger partial charge on any atom is -0.0619 e. The fraction of sp³-hybridized carbons (Fsp3) is 0.154. The normalized spacial score (nSPS) is 22.8. The van der Waals surface area contributed by atoms with Crippen LogP contribution in [0.15, 0.2) is 84.9 Å². The van der Waals surface area contributed by atoms with E-state index < -0.39 is 0 Å². The maximum absolute atomic E-state index is 2.39. The first-order valence-electron chi connectivity index (χ1n) is 9.61. The molecule has 1 spiro atoms. The Balaban J connectivity index is 1.64. The largest absolute Gasteiger partial charge is 0.0619 e. The topological polar surface area (TPSA) is 0 Å². The molecule has 122 valence electrons. The third-order valence-electron chi connectivity index (χ3n) is 7.33. The molecular formula is C26H18. The van der Waals surface area contributed by atoms with E-state index in [-0.39, 0.29) is 5.41 Å². The molecule has 0 aromatic heterocycles. The molecule has 0 heterocycles. The van der Waals surface area contributed by atoms with Crippen molar-refractivity contribution >= 4 is 10.8 Å². The van der Waals surface area contributed by atoms with Crippen LogP contribution in [0.25, 0.3) is 21.9 Å². The second kappa shape index (κ2) is 4.27. The zero-order valence-electron chi connectivity index (χ0n) is 14.4. The standard InChI is InChI=1S/C26H18/c1-3-13-21-17(9-1)18-10-2-4-14-22(18)26(21)23-15-24(26)20-12-6-8-16-7-5-11-19(23)25(16)20/h1-14,23-24H,15H2/t23-,24-/m0/s1. The summed E-state index contributed by atoms with van der Waals surface area (Å²) in [6.45, 7) is 0. The summed E-state index contributed by atoms with van der Waals surface area (Å²) >= 11 is 0. The molecule has 0 radical (unpaired) electrons. The van der Waals surface area contributed by atoms with Gasteiger partial charge in [0, 0.05) is 5.41 Å². The van der Waals surface area contributed by atoms with Crippen molar-refractivity contribution in [3.8, 4) is 11.1 Å². The van der Waals surface area contributed by atoms with Crippen LogP contribution in [0.1, 0.15) is 40.5 Å². The highest BCUT2D eigenvalue weighted by atomic mass is 14.7. The van der Waals surface area contributed by atoms with Crippen LogP contribution in [0, 0.1) is 0 Å². The van der Waals surface area contributed by atoms with Crippen molar-refractivity contribution in [2.24, 2.45) is 0 Å². The zero-order chi connectivity index (χ0) is 16.9. The van der Waals surface area contributed by atoms with Crippen molar-refractivity contribution in [1.29, 1.82) is 0 Å². The summed E-state index contributed by atoms with van der Waals surface area (Å²) in [7, 11) is 0. The summed E-state index contributed by atoms with van der Waals surface area (Å²) in [5, 5.41) is 2.94. The summed E-state index contributed by atoms with van der Waals surface area (Å²) in [6, 6.07) is 32.1. The van der Waals surface area contributed by atoms with Crippen LogP contribution in [0.3, 0.4) is 0 Å². The van der Waals surface area contributed by atoms with Crippen molar-refractivity contribution in [2.45, 2.75) is 23.7 Å². The summed E-state index contributed by atoms with van der Waals surface area (Å²) in [6.07, 6.45) is 1.28. The second-order valence-corrected chi connectivity index (χ2v) is 8.09. The number of hydrogen-bond donors (Lipinski definition) is 0. The van der Waals surface area contributed by atoms with Gasteiger partial charge >= 0.3 is 0 Å². The summed E-state index contributed by atoms with van der Waals surface area (Å²) in [5.74, 6) is 1.19. The SMILES string of the molecule is c1ccc2c(c1)-c1ccccc1C21[C@H]2C[C@H]1c1cccc3cccc2c13. The van der Waals surface area contributed by atoms with Crippen LogP contribution in [-0.2, 0) is 5.41 Å². The summed E-state index contributed by atoms with van der Waals surface area (Å²) < 4.78 is 0. The van der Waals surface area contributed by atoms with Gasteiger partial charge in [0.15, 0.2) is 0 Å². The van der Waals surface area contributed by atoms with Gasteiger partial charge in [0.1, 0.15) is 0 Å². The highest BCUT2D eigenvalue weighted by Crippen LogP contribution is 2.74. The minimum atomic E-state index is 0.135. The molecule has 0 N–H and O–H groups in total. The molecule has 4 aromatic rings. The molecule has 0 amide bonds. The lowest BCUT2D eigenvalue weighted by molar-refractivity contribution is 0.188. The molecule has 2 atom stereocenters. The van der Waals surface area contributed by atoms with E-state index in [1.165, 1.54) is 28.3 Å². The van der Waals surface area contributed by atoms with E-state index in [1.54, 1.807) is 22.3 Å². The first-order valence-corrected chi connectivity index (χ1v) is 9.61. The van der Waals surface area contributed by atoms with Crippen LogP contribution in [0.5, 0.6) is 0 Å². The van der Waals surface area contributed by atoms with Crippen molar-refractivity contribution in [2.75, 3.05) is 0 Å². The van der Waals surface area contributed by atoms with Gasteiger partial charge in [-0.05, 0) is 62.4 Å². The summed E-state index contributed by atoms with van der Waals surface area (Å²) in [4.78, 5) is 0. The van der Waals surface area contributed by atoms with Gasteiger partial charge in [-0.25, -0.2) is 0 Å².